The zero-order chi connectivity index (χ0) is 20.7. The van der Waals surface area contributed by atoms with Crippen molar-refractivity contribution in [3.05, 3.63) is 35.6 Å². The van der Waals surface area contributed by atoms with Gasteiger partial charge < -0.3 is 19.9 Å². The van der Waals surface area contributed by atoms with E-state index in [-0.39, 0.29) is 42.0 Å². The van der Waals surface area contributed by atoms with Crippen molar-refractivity contribution in [3.8, 4) is 0 Å². The number of ether oxygens (including phenoxy) is 1. The van der Waals surface area contributed by atoms with Crippen molar-refractivity contribution >= 4 is 11.9 Å². The molecule has 30 heavy (non-hydrogen) atoms. The molecule has 1 aliphatic carbocycles. The van der Waals surface area contributed by atoms with Crippen LogP contribution in [0.15, 0.2) is 24.3 Å². The molecule has 0 radical (unpaired) electrons. The van der Waals surface area contributed by atoms with Crippen LogP contribution in [0.5, 0.6) is 0 Å². The molecule has 5 rings (SSSR count). The predicted octanol–water partition coefficient (Wildman–Crippen LogP) is 1.53. The van der Waals surface area contributed by atoms with Crippen LogP contribution >= 0.6 is 0 Å². The third-order valence-corrected chi connectivity index (χ3v) is 7.31. The minimum absolute atomic E-state index is 0.00903. The van der Waals surface area contributed by atoms with Crippen LogP contribution in [-0.2, 0) is 15.1 Å². The van der Waals surface area contributed by atoms with Gasteiger partial charge >= 0.3 is 6.03 Å². The number of nitrogens with one attached hydrogen (secondary N) is 1. The normalized spacial score (nSPS) is 29.0. The van der Waals surface area contributed by atoms with Crippen molar-refractivity contribution < 1.29 is 18.7 Å². The van der Waals surface area contributed by atoms with E-state index in [1.54, 1.807) is 12.1 Å². The summed E-state index contributed by atoms with van der Waals surface area (Å²) in [5, 5.41) is 2.96. The molecule has 3 amide bonds. The number of likely N-dealkylation sites (tertiary alicyclic amines) is 1. The van der Waals surface area contributed by atoms with Crippen molar-refractivity contribution in [1.29, 1.82) is 0 Å². The standard InChI is InChI=1S/C22H29FN4O3/c23-17-4-2-16(3-5-17)22(7-1-8-22)27-12-10-25(11-13-27)21(29)26-9-6-19-18(14-26)24-20(28)15-30-19/h2-5,18-19H,1,6-15H2,(H,24,28). The van der Waals surface area contributed by atoms with Crippen LogP contribution in [0.4, 0.5) is 9.18 Å². The molecule has 3 heterocycles. The number of fused-ring (bicyclic) bond motifs is 1. The highest BCUT2D eigenvalue weighted by Crippen LogP contribution is 2.46. The Morgan fingerprint density at radius 2 is 1.80 bits per heavy atom. The molecule has 3 aliphatic heterocycles. The van der Waals surface area contributed by atoms with Gasteiger partial charge in [-0.1, -0.05) is 12.1 Å². The number of hydrogen-bond acceptors (Lipinski definition) is 4. The first-order valence-corrected chi connectivity index (χ1v) is 11.0. The van der Waals surface area contributed by atoms with Crippen molar-refractivity contribution in [1.82, 2.24) is 20.0 Å². The smallest absolute Gasteiger partial charge is 0.320 e. The summed E-state index contributed by atoms with van der Waals surface area (Å²) in [6, 6.07) is 6.87. The van der Waals surface area contributed by atoms with Gasteiger partial charge in [0.15, 0.2) is 0 Å². The van der Waals surface area contributed by atoms with E-state index in [0.29, 0.717) is 26.2 Å². The van der Waals surface area contributed by atoms with Gasteiger partial charge in [0, 0.05) is 44.8 Å². The Kier molecular flexibility index (Phi) is 5.14. The van der Waals surface area contributed by atoms with Crippen LogP contribution in [0, 0.1) is 5.82 Å². The highest BCUT2D eigenvalue weighted by Gasteiger charge is 2.45. The third-order valence-electron chi connectivity index (χ3n) is 7.31. The number of morpholine rings is 1. The summed E-state index contributed by atoms with van der Waals surface area (Å²) in [5.74, 6) is -0.308. The van der Waals surface area contributed by atoms with Gasteiger partial charge in [0.1, 0.15) is 12.4 Å². The fraction of sp³-hybridized carbons (Fsp3) is 0.636. The quantitative estimate of drug-likeness (QED) is 0.794. The predicted molar refractivity (Wildman–Crippen MR) is 108 cm³/mol. The fourth-order valence-electron chi connectivity index (χ4n) is 5.46. The van der Waals surface area contributed by atoms with Crippen molar-refractivity contribution in [3.63, 3.8) is 0 Å². The lowest BCUT2D eigenvalue weighted by atomic mass is 9.70. The molecule has 0 spiro atoms. The van der Waals surface area contributed by atoms with E-state index < -0.39 is 0 Å². The lowest BCUT2D eigenvalue weighted by Crippen LogP contribution is -2.64. The van der Waals surface area contributed by atoms with E-state index in [1.807, 2.05) is 21.9 Å². The zero-order valence-corrected chi connectivity index (χ0v) is 17.2. The molecule has 0 bridgehead atoms. The van der Waals surface area contributed by atoms with Crippen LogP contribution in [0.25, 0.3) is 0 Å². The second-order valence-corrected chi connectivity index (χ2v) is 8.91. The first kappa shape index (κ1) is 19.8. The molecule has 4 aliphatic rings. The van der Waals surface area contributed by atoms with E-state index in [0.717, 1.165) is 32.4 Å². The number of carbonyl (C=O) groups excluding carboxylic acids is 2. The highest BCUT2D eigenvalue weighted by atomic mass is 19.1. The summed E-state index contributed by atoms with van der Waals surface area (Å²) in [4.78, 5) is 31.0. The Balaban J connectivity index is 1.20. The number of benzene rings is 1. The lowest BCUT2D eigenvalue weighted by Gasteiger charge is -2.54. The van der Waals surface area contributed by atoms with Crippen molar-refractivity contribution in [2.75, 3.05) is 45.9 Å². The molecular formula is C22H29FN4O3. The molecule has 1 aromatic carbocycles. The van der Waals surface area contributed by atoms with E-state index in [9.17, 15) is 14.0 Å². The number of urea groups is 1. The number of piperidine rings is 1. The highest BCUT2D eigenvalue weighted by molar-refractivity contribution is 5.79. The summed E-state index contributed by atoms with van der Waals surface area (Å²) in [7, 11) is 0. The minimum Gasteiger partial charge on any atom is -0.366 e. The summed E-state index contributed by atoms with van der Waals surface area (Å²) >= 11 is 0. The molecule has 2 atom stereocenters. The summed E-state index contributed by atoms with van der Waals surface area (Å²) in [5.41, 5.74) is 1.18. The SMILES string of the molecule is O=C1COC2CCN(C(=O)N3CCN(C4(c5ccc(F)cc5)CCC4)CC3)CC2N1. The molecule has 1 aromatic rings. The van der Waals surface area contributed by atoms with Crippen molar-refractivity contribution in [2.24, 2.45) is 0 Å². The number of rotatable bonds is 2. The zero-order valence-electron chi connectivity index (χ0n) is 17.2. The maximum Gasteiger partial charge on any atom is 0.320 e. The van der Waals surface area contributed by atoms with Gasteiger partial charge in [0.25, 0.3) is 0 Å². The summed E-state index contributed by atoms with van der Waals surface area (Å²) < 4.78 is 19.0. The molecule has 0 aromatic heterocycles. The van der Waals surface area contributed by atoms with Gasteiger partial charge in [-0.05, 0) is 43.4 Å². The van der Waals surface area contributed by atoms with Crippen LogP contribution < -0.4 is 5.32 Å². The second-order valence-electron chi connectivity index (χ2n) is 8.91. The van der Waals surface area contributed by atoms with Gasteiger partial charge in [0.2, 0.25) is 5.91 Å². The van der Waals surface area contributed by atoms with Gasteiger partial charge in [-0.3, -0.25) is 9.69 Å². The molecule has 1 saturated carbocycles. The Bertz CT molecular complexity index is 805. The fourth-order valence-corrected chi connectivity index (χ4v) is 5.46. The number of amides is 3. The molecule has 162 valence electrons. The summed E-state index contributed by atoms with van der Waals surface area (Å²) in [6.07, 6.45) is 4.12. The van der Waals surface area contributed by atoms with Gasteiger partial charge in [-0.25, -0.2) is 9.18 Å². The van der Waals surface area contributed by atoms with Crippen LogP contribution in [0.3, 0.4) is 0 Å². The van der Waals surface area contributed by atoms with E-state index in [4.69, 9.17) is 4.74 Å². The number of nitrogens with zero attached hydrogens (tertiary/aromatic N) is 3. The van der Waals surface area contributed by atoms with Crippen LogP contribution in [0.1, 0.15) is 31.2 Å². The third kappa shape index (κ3) is 3.46. The number of piperazine rings is 1. The molecular weight excluding hydrogens is 387 g/mol. The largest absolute Gasteiger partial charge is 0.366 e. The Labute approximate surface area is 176 Å². The Morgan fingerprint density at radius 1 is 1.07 bits per heavy atom. The summed E-state index contributed by atoms with van der Waals surface area (Å²) in [6.45, 7) is 4.31. The van der Waals surface area contributed by atoms with Gasteiger partial charge in [-0.2, -0.15) is 0 Å². The number of hydrogen-bond donors (Lipinski definition) is 1. The number of halogens is 1. The van der Waals surface area contributed by atoms with Gasteiger partial charge in [-0.15, -0.1) is 0 Å². The molecule has 2 unspecified atom stereocenters. The average molecular weight is 416 g/mol. The first-order chi connectivity index (χ1) is 14.5. The number of carbonyl (C=O) groups is 2. The molecule has 4 fully saturated rings. The minimum atomic E-state index is -0.202. The van der Waals surface area contributed by atoms with E-state index >= 15 is 0 Å². The molecule has 3 saturated heterocycles. The molecule has 7 nitrogen and oxygen atoms in total. The van der Waals surface area contributed by atoms with E-state index in [2.05, 4.69) is 10.2 Å². The molecule has 1 N–H and O–H groups in total. The van der Waals surface area contributed by atoms with Gasteiger partial charge in [0.05, 0.1) is 12.1 Å². The van der Waals surface area contributed by atoms with E-state index in [1.165, 1.54) is 12.0 Å². The average Bonchev–Trinajstić information content (AvgIpc) is 2.74. The Hall–Kier alpha value is -2.19. The maximum atomic E-state index is 13.4. The topological polar surface area (TPSA) is 65.1 Å². The second kappa shape index (κ2) is 7.81. The Morgan fingerprint density at radius 3 is 2.47 bits per heavy atom. The molecule has 8 heteroatoms. The lowest BCUT2D eigenvalue weighted by molar-refractivity contribution is -0.139. The monoisotopic (exact) mass is 416 g/mol. The van der Waals surface area contributed by atoms with Crippen molar-refractivity contribution in [2.45, 2.75) is 43.4 Å². The van der Waals surface area contributed by atoms with Crippen LogP contribution in [0.2, 0.25) is 0 Å². The maximum absolute atomic E-state index is 13.4. The van der Waals surface area contributed by atoms with Crippen LogP contribution in [-0.4, -0.2) is 84.7 Å². The first-order valence-electron chi connectivity index (χ1n) is 11.0.